The zero-order valence-corrected chi connectivity index (χ0v) is 35.8. The molecule has 0 radical (unpaired) electrons. The maximum Gasteiger partial charge on any atom is 0.235 e. The number of benzene rings is 10. The molecule has 14 aromatic rings. The first kappa shape index (κ1) is 36.1. The Morgan fingerprint density at radius 1 is 0.323 bits per heavy atom. The maximum atomic E-state index is 5.44. The van der Waals surface area contributed by atoms with Gasteiger partial charge in [-0.1, -0.05) is 158 Å². The van der Waals surface area contributed by atoms with Gasteiger partial charge in [0, 0.05) is 63.7 Å². The smallest absolute Gasteiger partial charge is 0.235 e. The van der Waals surface area contributed by atoms with Crippen LogP contribution in [0.25, 0.3) is 131 Å². The van der Waals surface area contributed by atoms with E-state index in [4.69, 9.17) is 9.97 Å². The van der Waals surface area contributed by atoms with E-state index in [-0.39, 0.29) is 0 Å². The first-order valence-corrected chi connectivity index (χ1v) is 22.9. The van der Waals surface area contributed by atoms with Crippen molar-refractivity contribution in [2.75, 3.05) is 0 Å². The van der Waals surface area contributed by atoms with Crippen molar-refractivity contribution >= 4 is 96.8 Å². The molecule has 302 valence electrons. The van der Waals surface area contributed by atoms with E-state index < -0.39 is 0 Å². The number of hydrogen-bond donors (Lipinski definition) is 0. The number of fused-ring (bicyclic) bond motifs is 12. The lowest BCUT2D eigenvalue weighted by atomic mass is 9.98. The Kier molecular flexibility index (Phi) is 7.82. The average molecular weight is 845 g/mol. The SMILES string of the molecule is c1ccc2c(c1)ccc1c3ccccc3n(-c3ccc(-c4nc(-n5c6ccccc6c6cc(-c7ccc(-c8ccc9sc%10ccccc%10c9c8)cc7)ccc65)nc5ccccc45)cc3)c21. The Bertz CT molecular complexity index is 4230. The van der Waals surface area contributed by atoms with E-state index in [0.29, 0.717) is 5.95 Å². The molecular formula is C60H36N4S. The highest BCUT2D eigenvalue weighted by Gasteiger charge is 2.19. The lowest BCUT2D eigenvalue weighted by Gasteiger charge is -2.13. The molecule has 0 aliphatic carbocycles. The Morgan fingerprint density at radius 3 is 1.66 bits per heavy atom. The lowest BCUT2D eigenvalue weighted by Crippen LogP contribution is -2.03. The summed E-state index contributed by atoms with van der Waals surface area (Å²) < 4.78 is 7.29. The van der Waals surface area contributed by atoms with Crippen molar-refractivity contribution in [3.8, 4) is 45.1 Å². The first-order chi connectivity index (χ1) is 32.2. The molecule has 0 atom stereocenters. The fraction of sp³-hybridized carbons (Fsp3) is 0. The fourth-order valence-corrected chi connectivity index (χ4v) is 11.4. The molecule has 0 saturated carbocycles. The molecule has 0 fully saturated rings. The third-order valence-electron chi connectivity index (χ3n) is 13.4. The summed E-state index contributed by atoms with van der Waals surface area (Å²) in [5.41, 5.74) is 13.3. The summed E-state index contributed by atoms with van der Waals surface area (Å²) in [5.74, 6) is 0.648. The molecule has 4 aromatic heterocycles. The second-order valence-corrected chi connectivity index (χ2v) is 18.0. The minimum Gasteiger partial charge on any atom is -0.309 e. The summed E-state index contributed by atoms with van der Waals surface area (Å²) in [4.78, 5) is 10.7. The van der Waals surface area contributed by atoms with Crippen LogP contribution < -0.4 is 0 Å². The predicted molar refractivity (Wildman–Crippen MR) is 275 cm³/mol. The maximum absolute atomic E-state index is 5.44. The van der Waals surface area contributed by atoms with Crippen molar-refractivity contribution in [1.29, 1.82) is 0 Å². The number of rotatable bonds is 5. The van der Waals surface area contributed by atoms with Gasteiger partial charge in [-0.2, -0.15) is 0 Å². The topological polar surface area (TPSA) is 35.6 Å². The summed E-state index contributed by atoms with van der Waals surface area (Å²) in [6.45, 7) is 0. The van der Waals surface area contributed by atoms with Gasteiger partial charge < -0.3 is 4.57 Å². The van der Waals surface area contributed by atoms with Gasteiger partial charge in [0.05, 0.1) is 33.3 Å². The minimum atomic E-state index is 0.648. The quantitative estimate of drug-likeness (QED) is 0.173. The van der Waals surface area contributed by atoms with Crippen LogP contribution in [-0.2, 0) is 0 Å². The van der Waals surface area contributed by atoms with E-state index in [2.05, 4.69) is 228 Å². The standard InChI is InChI=1S/C60H36N4S/c1-2-12-44-39(11-1)27-32-48-45-13-4-8-18-53(45)63(59(44)48)43-30-25-40(26-31-43)58-49-16-3-7-17-52(49)61-60(62-58)64-54-19-9-5-14-46(54)50-35-41(28-33-55(50)64)37-21-23-38(24-22-37)42-29-34-57-51(36-42)47-15-6-10-20-56(47)65-57/h1-36H. The van der Waals surface area contributed by atoms with E-state index in [1.807, 2.05) is 11.3 Å². The van der Waals surface area contributed by atoms with Gasteiger partial charge in [-0.25, -0.2) is 9.97 Å². The molecule has 0 unspecified atom stereocenters. The van der Waals surface area contributed by atoms with Crippen LogP contribution in [0.4, 0.5) is 0 Å². The molecule has 0 N–H and O–H groups in total. The molecule has 0 aliphatic rings. The summed E-state index contributed by atoms with van der Waals surface area (Å²) in [5, 5.41) is 11.0. The van der Waals surface area contributed by atoms with Crippen molar-refractivity contribution in [2.45, 2.75) is 0 Å². The van der Waals surface area contributed by atoms with E-state index in [1.54, 1.807) is 0 Å². The summed E-state index contributed by atoms with van der Waals surface area (Å²) in [6, 6.07) is 79.1. The van der Waals surface area contributed by atoms with Crippen LogP contribution in [-0.4, -0.2) is 19.1 Å². The van der Waals surface area contributed by atoms with Crippen LogP contribution in [0.15, 0.2) is 218 Å². The van der Waals surface area contributed by atoms with Crippen molar-refractivity contribution in [3.05, 3.63) is 218 Å². The number of para-hydroxylation sites is 3. The van der Waals surface area contributed by atoms with Crippen LogP contribution in [0.2, 0.25) is 0 Å². The lowest BCUT2D eigenvalue weighted by molar-refractivity contribution is 1.01. The van der Waals surface area contributed by atoms with Crippen molar-refractivity contribution in [1.82, 2.24) is 19.1 Å². The molecule has 14 rings (SSSR count). The molecular weight excluding hydrogens is 809 g/mol. The first-order valence-electron chi connectivity index (χ1n) is 22.1. The zero-order valence-electron chi connectivity index (χ0n) is 35.0. The molecule has 4 nitrogen and oxygen atoms in total. The zero-order chi connectivity index (χ0) is 42.6. The Labute approximate surface area is 377 Å². The highest BCUT2D eigenvalue weighted by atomic mass is 32.1. The molecule has 10 aromatic carbocycles. The molecule has 0 bridgehead atoms. The van der Waals surface area contributed by atoms with Gasteiger partial charge in [-0.05, 0) is 88.3 Å². The van der Waals surface area contributed by atoms with Crippen LogP contribution in [0.1, 0.15) is 0 Å². The van der Waals surface area contributed by atoms with Gasteiger partial charge in [0.1, 0.15) is 0 Å². The molecule has 5 heteroatoms. The fourth-order valence-electron chi connectivity index (χ4n) is 10.3. The van der Waals surface area contributed by atoms with E-state index in [1.165, 1.54) is 85.8 Å². The number of thiophene rings is 1. The Hall–Kier alpha value is -8.38. The number of hydrogen-bond acceptors (Lipinski definition) is 3. The van der Waals surface area contributed by atoms with Crippen molar-refractivity contribution < 1.29 is 0 Å². The van der Waals surface area contributed by atoms with Crippen LogP contribution >= 0.6 is 11.3 Å². The molecule has 0 aliphatic heterocycles. The highest BCUT2D eigenvalue weighted by molar-refractivity contribution is 7.25. The second kappa shape index (κ2) is 14.1. The summed E-state index contributed by atoms with van der Waals surface area (Å²) in [6.07, 6.45) is 0. The Balaban J connectivity index is 0.869. The van der Waals surface area contributed by atoms with E-state index in [0.717, 1.165) is 38.9 Å². The van der Waals surface area contributed by atoms with Crippen molar-refractivity contribution in [3.63, 3.8) is 0 Å². The van der Waals surface area contributed by atoms with Gasteiger partial charge in [0.15, 0.2) is 0 Å². The van der Waals surface area contributed by atoms with Gasteiger partial charge in [-0.3, -0.25) is 4.57 Å². The van der Waals surface area contributed by atoms with Gasteiger partial charge >= 0.3 is 0 Å². The third kappa shape index (κ3) is 5.56. The largest absolute Gasteiger partial charge is 0.309 e. The molecule has 0 spiro atoms. The summed E-state index contributed by atoms with van der Waals surface area (Å²) >= 11 is 1.86. The normalized spacial score (nSPS) is 12.0. The molecule has 0 amide bonds. The molecule has 4 heterocycles. The molecule has 0 saturated heterocycles. The van der Waals surface area contributed by atoms with E-state index >= 15 is 0 Å². The van der Waals surface area contributed by atoms with Gasteiger partial charge in [-0.15, -0.1) is 11.3 Å². The van der Waals surface area contributed by atoms with Crippen LogP contribution in [0, 0.1) is 0 Å². The third-order valence-corrected chi connectivity index (χ3v) is 14.5. The predicted octanol–water partition coefficient (Wildman–Crippen LogP) is 16.3. The van der Waals surface area contributed by atoms with Crippen LogP contribution in [0.5, 0.6) is 0 Å². The number of nitrogens with zero attached hydrogens (tertiary/aromatic N) is 4. The Morgan fingerprint density at radius 2 is 0.877 bits per heavy atom. The monoisotopic (exact) mass is 844 g/mol. The van der Waals surface area contributed by atoms with E-state index in [9.17, 15) is 0 Å². The van der Waals surface area contributed by atoms with Crippen LogP contribution in [0.3, 0.4) is 0 Å². The van der Waals surface area contributed by atoms with Gasteiger partial charge in [0.25, 0.3) is 0 Å². The van der Waals surface area contributed by atoms with Crippen molar-refractivity contribution in [2.24, 2.45) is 0 Å². The van der Waals surface area contributed by atoms with Gasteiger partial charge in [0.2, 0.25) is 5.95 Å². The number of aromatic nitrogens is 4. The second-order valence-electron chi connectivity index (χ2n) is 16.9. The minimum absolute atomic E-state index is 0.648. The highest BCUT2D eigenvalue weighted by Crippen LogP contribution is 2.40. The summed E-state index contributed by atoms with van der Waals surface area (Å²) in [7, 11) is 0. The molecule has 65 heavy (non-hydrogen) atoms. The average Bonchev–Trinajstić information content (AvgIpc) is 4.04.